The highest BCUT2D eigenvalue weighted by molar-refractivity contribution is 9.10. The summed E-state index contributed by atoms with van der Waals surface area (Å²) < 4.78 is 3.02. The second-order valence-corrected chi connectivity index (χ2v) is 5.02. The van der Waals surface area contributed by atoms with Crippen molar-refractivity contribution in [3.8, 4) is 11.4 Å². The zero-order valence-corrected chi connectivity index (χ0v) is 11.6. The van der Waals surface area contributed by atoms with Gasteiger partial charge in [0, 0.05) is 35.7 Å². The Morgan fingerprint density at radius 1 is 1.28 bits per heavy atom. The lowest BCUT2D eigenvalue weighted by Crippen LogP contribution is -1.96. The molecule has 4 nitrogen and oxygen atoms in total. The fourth-order valence-corrected chi connectivity index (χ4v) is 2.78. The van der Waals surface area contributed by atoms with Crippen molar-refractivity contribution in [1.29, 1.82) is 0 Å². The summed E-state index contributed by atoms with van der Waals surface area (Å²) in [5, 5.41) is 1.06. The van der Waals surface area contributed by atoms with Crippen LogP contribution in [0.1, 0.15) is 5.69 Å². The van der Waals surface area contributed by atoms with Crippen LogP contribution in [0.5, 0.6) is 0 Å². The van der Waals surface area contributed by atoms with Crippen LogP contribution in [0.2, 0.25) is 0 Å². The van der Waals surface area contributed by atoms with Gasteiger partial charge in [-0.25, -0.2) is 9.97 Å². The first-order valence-corrected chi connectivity index (χ1v) is 6.35. The minimum Gasteiger partial charge on any atom is -0.334 e. The molecule has 5 heteroatoms. The number of halogens is 1. The van der Waals surface area contributed by atoms with Crippen molar-refractivity contribution < 1.29 is 0 Å². The molecule has 0 spiro atoms. The second kappa shape index (κ2) is 4.17. The Balaban J connectivity index is 2.31. The topological polar surface area (TPSA) is 43.6 Å². The molecule has 90 valence electrons. The fraction of sp³-hybridized carbons (Fsp3) is 0.154. The van der Waals surface area contributed by atoms with Crippen LogP contribution in [0.15, 0.2) is 35.2 Å². The van der Waals surface area contributed by atoms with E-state index in [2.05, 4.69) is 30.9 Å². The Hall–Kier alpha value is -1.75. The summed E-state index contributed by atoms with van der Waals surface area (Å²) >= 11 is 3.54. The van der Waals surface area contributed by atoms with Gasteiger partial charge in [-0.2, -0.15) is 0 Å². The summed E-state index contributed by atoms with van der Waals surface area (Å²) in [7, 11) is 1.98. The van der Waals surface area contributed by atoms with Crippen LogP contribution in [0.4, 0.5) is 0 Å². The second-order valence-electron chi connectivity index (χ2n) is 4.16. The molecule has 0 radical (unpaired) electrons. The highest BCUT2D eigenvalue weighted by Gasteiger charge is 2.12. The zero-order valence-electron chi connectivity index (χ0n) is 10.1. The lowest BCUT2D eigenvalue weighted by molar-refractivity contribution is 0.941. The van der Waals surface area contributed by atoms with E-state index < -0.39 is 0 Å². The van der Waals surface area contributed by atoms with Gasteiger partial charge in [-0.05, 0) is 35.0 Å². The molecule has 3 rings (SSSR count). The van der Waals surface area contributed by atoms with Crippen LogP contribution >= 0.6 is 15.9 Å². The predicted molar refractivity (Wildman–Crippen MR) is 74.2 cm³/mol. The third-order valence-electron chi connectivity index (χ3n) is 2.87. The highest BCUT2D eigenvalue weighted by Crippen LogP contribution is 2.28. The Morgan fingerprint density at radius 2 is 2.11 bits per heavy atom. The molecule has 3 aromatic rings. The molecule has 0 saturated heterocycles. The van der Waals surface area contributed by atoms with Gasteiger partial charge in [0.1, 0.15) is 5.65 Å². The summed E-state index contributed by atoms with van der Waals surface area (Å²) in [4.78, 5) is 13.3. The van der Waals surface area contributed by atoms with E-state index >= 15 is 0 Å². The quantitative estimate of drug-likeness (QED) is 0.694. The molecule has 0 saturated carbocycles. The summed E-state index contributed by atoms with van der Waals surface area (Å²) in [5.74, 6) is 0.710. The maximum Gasteiger partial charge on any atom is 0.163 e. The smallest absolute Gasteiger partial charge is 0.163 e. The van der Waals surface area contributed by atoms with E-state index in [1.165, 1.54) is 0 Å². The number of aromatic nitrogens is 4. The molecule has 0 aliphatic rings. The van der Waals surface area contributed by atoms with E-state index in [-0.39, 0.29) is 0 Å². The van der Waals surface area contributed by atoms with Crippen LogP contribution in [-0.2, 0) is 7.05 Å². The lowest BCUT2D eigenvalue weighted by atomic mass is 10.2. The van der Waals surface area contributed by atoms with Crippen LogP contribution in [0, 0.1) is 6.92 Å². The normalized spacial score (nSPS) is 11.1. The molecule has 0 bridgehead atoms. The molecular weight excluding hydrogens is 292 g/mol. The number of hydrogen-bond acceptors (Lipinski definition) is 3. The van der Waals surface area contributed by atoms with Crippen LogP contribution in [0.25, 0.3) is 22.4 Å². The van der Waals surface area contributed by atoms with Crippen LogP contribution < -0.4 is 0 Å². The Labute approximate surface area is 113 Å². The molecule has 0 N–H and O–H groups in total. The molecule has 0 atom stereocenters. The Kier molecular flexibility index (Phi) is 2.63. The molecule has 0 fully saturated rings. The highest BCUT2D eigenvalue weighted by atomic mass is 79.9. The maximum absolute atomic E-state index is 4.61. The number of rotatable bonds is 1. The lowest BCUT2D eigenvalue weighted by Gasteiger charge is -2.04. The van der Waals surface area contributed by atoms with Gasteiger partial charge < -0.3 is 4.57 Å². The first kappa shape index (κ1) is 11.3. The minimum atomic E-state index is 0.710. The van der Waals surface area contributed by atoms with Gasteiger partial charge in [0.05, 0.1) is 11.1 Å². The number of fused-ring (bicyclic) bond motifs is 1. The number of nitrogens with zero attached hydrogens (tertiary/aromatic N) is 4. The number of hydrogen-bond donors (Lipinski definition) is 0. The monoisotopic (exact) mass is 302 g/mol. The van der Waals surface area contributed by atoms with Gasteiger partial charge in [-0.3, -0.25) is 4.98 Å². The Bertz CT molecular complexity index is 719. The van der Waals surface area contributed by atoms with Gasteiger partial charge in [0.15, 0.2) is 5.82 Å². The minimum absolute atomic E-state index is 0.710. The Morgan fingerprint density at radius 3 is 2.83 bits per heavy atom. The summed E-state index contributed by atoms with van der Waals surface area (Å²) in [6.45, 7) is 1.99. The molecule has 0 aliphatic heterocycles. The molecular formula is C13H11BrN4. The van der Waals surface area contributed by atoms with Crippen molar-refractivity contribution >= 4 is 27.0 Å². The molecule has 0 amide bonds. The van der Waals surface area contributed by atoms with E-state index in [4.69, 9.17) is 0 Å². The zero-order chi connectivity index (χ0) is 12.7. The summed E-state index contributed by atoms with van der Waals surface area (Å²) in [6, 6.07) is 3.85. The first-order valence-electron chi connectivity index (χ1n) is 5.56. The largest absolute Gasteiger partial charge is 0.334 e. The molecule has 3 aromatic heterocycles. The van der Waals surface area contributed by atoms with Gasteiger partial charge in [-0.15, -0.1) is 0 Å². The van der Waals surface area contributed by atoms with Gasteiger partial charge in [0.25, 0.3) is 0 Å². The average Bonchev–Trinajstić information content (AvgIpc) is 2.66. The average molecular weight is 303 g/mol. The summed E-state index contributed by atoms with van der Waals surface area (Å²) in [6.07, 6.45) is 5.52. The van der Waals surface area contributed by atoms with Gasteiger partial charge in [-0.1, -0.05) is 0 Å². The SMILES string of the molecule is Cc1nc(-c2cccnc2)nc2c1c(Br)cn2C. The van der Waals surface area contributed by atoms with E-state index in [1.807, 2.05) is 36.9 Å². The maximum atomic E-state index is 4.61. The van der Waals surface area contributed by atoms with Crippen molar-refractivity contribution in [1.82, 2.24) is 19.5 Å². The van der Waals surface area contributed by atoms with Gasteiger partial charge >= 0.3 is 0 Å². The molecule has 0 aromatic carbocycles. The molecule has 0 unspecified atom stereocenters. The van der Waals surface area contributed by atoms with Crippen LogP contribution in [0.3, 0.4) is 0 Å². The molecule has 0 aliphatic carbocycles. The molecule has 3 heterocycles. The van der Waals surface area contributed by atoms with Crippen LogP contribution in [-0.4, -0.2) is 19.5 Å². The van der Waals surface area contributed by atoms with Crippen molar-refractivity contribution in [3.63, 3.8) is 0 Å². The van der Waals surface area contributed by atoms with Crippen molar-refractivity contribution in [3.05, 3.63) is 40.9 Å². The van der Waals surface area contributed by atoms with E-state index in [1.54, 1.807) is 12.4 Å². The van der Waals surface area contributed by atoms with Gasteiger partial charge in [0.2, 0.25) is 0 Å². The van der Waals surface area contributed by atoms with E-state index in [0.717, 1.165) is 26.8 Å². The fourth-order valence-electron chi connectivity index (χ4n) is 2.01. The van der Waals surface area contributed by atoms with E-state index in [9.17, 15) is 0 Å². The van der Waals surface area contributed by atoms with E-state index in [0.29, 0.717) is 5.82 Å². The first-order chi connectivity index (χ1) is 8.66. The van der Waals surface area contributed by atoms with Crippen molar-refractivity contribution in [2.75, 3.05) is 0 Å². The third kappa shape index (κ3) is 1.71. The predicted octanol–water partition coefficient (Wildman–Crippen LogP) is 3.10. The number of aryl methyl sites for hydroxylation is 2. The van der Waals surface area contributed by atoms with Crippen molar-refractivity contribution in [2.45, 2.75) is 6.92 Å². The standard InChI is InChI=1S/C13H11BrN4/c1-8-11-10(14)7-18(2)13(11)17-12(16-8)9-4-3-5-15-6-9/h3-7H,1-2H3. The summed E-state index contributed by atoms with van der Waals surface area (Å²) in [5.41, 5.74) is 2.82. The number of pyridine rings is 1. The van der Waals surface area contributed by atoms with Crippen molar-refractivity contribution in [2.24, 2.45) is 7.05 Å². The third-order valence-corrected chi connectivity index (χ3v) is 3.47. The molecule has 18 heavy (non-hydrogen) atoms.